The molecule has 0 spiro atoms. The lowest BCUT2D eigenvalue weighted by atomic mass is 10.1. The summed E-state index contributed by atoms with van der Waals surface area (Å²) in [5.41, 5.74) is 7.11. The zero-order chi connectivity index (χ0) is 8.32. The van der Waals surface area contributed by atoms with Gasteiger partial charge in [0.05, 0.1) is 0 Å². The molecule has 3 N–H and O–H groups in total. The van der Waals surface area contributed by atoms with E-state index in [0.717, 1.165) is 5.13 Å². The lowest BCUT2D eigenvalue weighted by Crippen LogP contribution is -2.39. The second kappa shape index (κ2) is 3.15. The van der Waals surface area contributed by atoms with E-state index in [1.807, 2.05) is 13.8 Å². The van der Waals surface area contributed by atoms with E-state index in [4.69, 9.17) is 5.73 Å². The highest BCUT2D eigenvalue weighted by Gasteiger charge is 2.15. The maximum absolute atomic E-state index is 5.52. The van der Waals surface area contributed by atoms with Crippen LogP contribution in [0.4, 0.5) is 5.13 Å². The largest absolute Gasteiger partial charge is 0.354 e. The first-order chi connectivity index (χ1) is 5.14. The summed E-state index contributed by atoms with van der Waals surface area (Å²) in [6.45, 7) is 4.62. The Morgan fingerprint density at radius 2 is 2.45 bits per heavy atom. The van der Waals surface area contributed by atoms with Crippen LogP contribution in [0, 0.1) is 0 Å². The van der Waals surface area contributed by atoms with E-state index >= 15 is 0 Å². The Bertz CT molecular complexity index is 206. The summed E-state index contributed by atoms with van der Waals surface area (Å²) in [5, 5.41) is 11.5. The topological polar surface area (TPSA) is 63.8 Å². The fourth-order valence-electron chi connectivity index (χ4n) is 0.568. The maximum Gasteiger partial charge on any atom is 0.205 e. The van der Waals surface area contributed by atoms with Gasteiger partial charge in [0.1, 0.15) is 5.51 Å². The van der Waals surface area contributed by atoms with Gasteiger partial charge in [0, 0.05) is 12.1 Å². The fourth-order valence-corrected chi connectivity index (χ4v) is 1.19. The van der Waals surface area contributed by atoms with Crippen LogP contribution in [0.15, 0.2) is 5.51 Å². The second-order valence-corrected chi connectivity index (χ2v) is 3.79. The number of anilines is 1. The summed E-state index contributed by atoms with van der Waals surface area (Å²) in [4.78, 5) is 0. The Morgan fingerprint density at radius 1 is 1.73 bits per heavy atom. The van der Waals surface area contributed by atoms with Gasteiger partial charge in [0.2, 0.25) is 5.13 Å². The van der Waals surface area contributed by atoms with Crippen molar-refractivity contribution in [1.82, 2.24) is 10.2 Å². The maximum atomic E-state index is 5.52. The molecule has 0 aromatic carbocycles. The van der Waals surface area contributed by atoms with Crippen LogP contribution < -0.4 is 11.1 Å². The van der Waals surface area contributed by atoms with E-state index in [1.165, 1.54) is 11.3 Å². The minimum atomic E-state index is -0.0977. The zero-order valence-corrected chi connectivity index (χ0v) is 7.48. The molecule has 11 heavy (non-hydrogen) atoms. The van der Waals surface area contributed by atoms with Gasteiger partial charge in [-0.1, -0.05) is 11.3 Å². The number of aromatic nitrogens is 2. The molecule has 1 rings (SSSR count). The number of hydrogen-bond acceptors (Lipinski definition) is 5. The van der Waals surface area contributed by atoms with Crippen molar-refractivity contribution in [2.45, 2.75) is 19.4 Å². The molecule has 0 bridgehead atoms. The van der Waals surface area contributed by atoms with Crippen LogP contribution in [0.25, 0.3) is 0 Å². The van der Waals surface area contributed by atoms with Gasteiger partial charge < -0.3 is 11.1 Å². The molecule has 1 aromatic heterocycles. The predicted molar refractivity (Wildman–Crippen MR) is 46.7 cm³/mol. The number of nitrogens with two attached hydrogens (primary N) is 1. The first kappa shape index (κ1) is 8.42. The first-order valence-electron chi connectivity index (χ1n) is 3.38. The van der Waals surface area contributed by atoms with Crippen molar-refractivity contribution < 1.29 is 0 Å². The highest BCUT2D eigenvalue weighted by Crippen LogP contribution is 2.14. The van der Waals surface area contributed by atoms with E-state index in [-0.39, 0.29) is 5.54 Å². The third-order valence-corrected chi connectivity index (χ3v) is 1.92. The average Bonchev–Trinajstić information content (AvgIpc) is 2.39. The summed E-state index contributed by atoms with van der Waals surface area (Å²) in [6, 6.07) is 0. The van der Waals surface area contributed by atoms with E-state index in [0.29, 0.717) is 6.54 Å². The molecule has 0 saturated carbocycles. The summed E-state index contributed by atoms with van der Waals surface area (Å²) in [5.74, 6) is 0. The highest BCUT2D eigenvalue weighted by molar-refractivity contribution is 7.13. The van der Waals surface area contributed by atoms with Gasteiger partial charge in [-0.2, -0.15) is 0 Å². The Balaban J connectivity index is 2.56. The molecule has 0 saturated heterocycles. The molecule has 0 unspecified atom stereocenters. The van der Waals surface area contributed by atoms with Crippen molar-refractivity contribution in [3.8, 4) is 0 Å². The SMILES string of the molecule is CC(C)(CN)Nc1nncs1. The van der Waals surface area contributed by atoms with Crippen molar-refractivity contribution in [3.63, 3.8) is 0 Å². The molecule has 0 aliphatic carbocycles. The third kappa shape index (κ3) is 2.44. The average molecular weight is 172 g/mol. The molecular weight excluding hydrogens is 160 g/mol. The summed E-state index contributed by atoms with van der Waals surface area (Å²) in [6.07, 6.45) is 0. The van der Waals surface area contributed by atoms with E-state index in [2.05, 4.69) is 15.5 Å². The van der Waals surface area contributed by atoms with Crippen LogP contribution in [0.2, 0.25) is 0 Å². The van der Waals surface area contributed by atoms with Crippen molar-refractivity contribution in [3.05, 3.63) is 5.51 Å². The van der Waals surface area contributed by atoms with Gasteiger partial charge in [0.15, 0.2) is 0 Å². The Morgan fingerprint density at radius 3 is 2.91 bits per heavy atom. The lowest BCUT2D eigenvalue weighted by molar-refractivity contribution is 0.578. The minimum Gasteiger partial charge on any atom is -0.354 e. The standard InChI is InChI=1S/C6H12N4S/c1-6(2,3-7)9-5-10-8-4-11-5/h4H,3,7H2,1-2H3,(H,9,10). The first-order valence-corrected chi connectivity index (χ1v) is 4.26. The van der Waals surface area contributed by atoms with Crippen LogP contribution in [-0.4, -0.2) is 22.3 Å². The normalized spacial score (nSPS) is 11.5. The molecule has 0 amide bonds. The zero-order valence-electron chi connectivity index (χ0n) is 6.66. The summed E-state index contributed by atoms with van der Waals surface area (Å²) < 4.78 is 0. The predicted octanol–water partition coefficient (Wildman–Crippen LogP) is 0.687. The highest BCUT2D eigenvalue weighted by atomic mass is 32.1. The van der Waals surface area contributed by atoms with Crippen molar-refractivity contribution in [2.24, 2.45) is 5.73 Å². The third-order valence-electron chi connectivity index (χ3n) is 1.32. The van der Waals surface area contributed by atoms with E-state index in [1.54, 1.807) is 5.51 Å². The molecule has 0 aliphatic heterocycles. The van der Waals surface area contributed by atoms with Crippen LogP contribution in [-0.2, 0) is 0 Å². The van der Waals surface area contributed by atoms with Crippen molar-refractivity contribution in [1.29, 1.82) is 0 Å². The van der Waals surface area contributed by atoms with Gasteiger partial charge in [-0.3, -0.25) is 0 Å². The fraction of sp³-hybridized carbons (Fsp3) is 0.667. The Kier molecular flexibility index (Phi) is 2.41. The molecule has 5 heteroatoms. The summed E-state index contributed by atoms with van der Waals surface area (Å²) >= 11 is 1.48. The van der Waals surface area contributed by atoms with Crippen LogP contribution in [0.5, 0.6) is 0 Å². The Labute approximate surface area is 69.8 Å². The van der Waals surface area contributed by atoms with E-state index < -0.39 is 0 Å². The summed E-state index contributed by atoms with van der Waals surface area (Å²) in [7, 11) is 0. The van der Waals surface area contributed by atoms with Gasteiger partial charge in [-0.05, 0) is 13.8 Å². The monoisotopic (exact) mass is 172 g/mol. The molecule has 62 valence electrons. The molecule has 0 fully saturated rings. The number of nitrogens with zero attached hydrogens (tertiary/aromatic N) is 2. The molecule has 0 atom stereocenters. The smallest absolute Gasteiger partial charge is 0.205 e. The number of nitrogens with one attached hydrogen (secondary N) is 1. The molecule has 4 nitrogen and oxygen atoms in total. The van der Waals surface area contributed by atoms with Crippen LogP contribution in [0.1, 0.15) is 13.8 Å². The number of rotatable bonds is 3. The van der Waals surface area contributed by atoms with Crippen molar-refractivity contribution >= 4 is 16.5 Å². The van der Waals surface area contributed by atoms with Gasteiger partial charge in [-0.25, -0.2) is 0 Å². The van der Waals surface area contributed by atoms with Gasteiger partial charge in [0.25, 0.3) is 0 Å². The molecule has 1 aromatic rings. The second-order valence-electron chi connectivity index (χ2n) is 2.96. The minimum absolute atomic E-state index is 0.0977. The van der Waals surface area contributed by atoms with E-state index in [9.17, 15) is 0 Å². The molecule has 0 aliphatic rings. The van der Waals surface area contributed by atoms with Crippen LogP contribution in [0.3, 0.4) is 0 Å². The van der Waals surface area contributed by atoms with Gasteiger partial charge in [-0.15, -0.1) is 10.2 Å². The van der Waals surface area contributed by atoms with Crippen molar-refractivity contribution in [2.75, 3.05) is 11.9 Å². The molecule has 0 radical (unpaired) electrons. The molecular formula is C6H12N4S. The molecule has 1 heterocycles. The lowest BCUT2D eigenvalue weighted by Gasteiger charge is -2.22. The number of hydrogen-bond donors (Lipinski definition) is 2. The van der Waals surface area contributed by atoms with Crippen LogP contribution >= 0.6 is 11.3 Å². The quantitative estimate of drug-likeness (QED) is 0.704. The Hall–Kier alpha value is -0.680. The van der Waals surface area contributed by atoms with Gasteiger partial charge >= 0.3 is 0 Å².